The van der Waals surface area contributed by atoms with Gasteiger partial charge < -0.3 is 24.4 Å². The Balaban J connectivity index is 1.13. The van der Waals surface area contributed by atoms with Crippen LogP contribution in [-0.2, 0) is 4.79 Å². The van der Waals surface area contributed by atoms with Crippen LogP contribution in [0.15, 0.2) is 22.7 Å². The van der Waals surface area contributed by atoms with E-state index in [1.54, 1.807) is 0 Å². The van der Waals surface area contributed by atoms with Gasteiger partial charge in [-0.05, 0) is 68.7 Å². The topological polar surface area (TPSA) is 101 Å². The number of carbonyl (C=O) groups excluding carboxylic acids is 2. The van der Waals surface area contributed by atoms with Crippen LogP contribution >= 0.6 is 0 Å². The molecular formula is C27H39N5O4. The predicted molar refractivity (Wildman–Crippen MR) is 137 cm³/mol. The molecule has 9 heteroatoms. The number of hydrogen-bond acceptors (Lipinski definition) is 7. The van der Waals surface area contributed by atoms with Gasteiger partial charge in [0.15, 0.2) is 5.82 Å². The highest BCUT2D eigenvalue weighted by atomic mass is 16.5. The molecule has 0 radical (unpaired) electrons. The molecule has 2 aromatic rings. The summed E-state index contributed by atoms with van der Waals surface area (Å²) >= 11 is 0. The Morgan fingerprint density at radius 2 is 2.06 bits per heavy atom. The van der Waals surface area contributed by atoms with Gasteiger partial charge in [0.2, 0.25) is 5.91 Å². The van der Waals surface area contributed by atoms with Gasteiger partial charge in [0, 0.05) is 50.6 Å². The Morgan fingerprint density at radius 3 is 2.72 bits per heavy atom. The van der Waals surface area contributed by atoms with Crippen LogP contribution in [0.1, 0.15) is 80.0 Å². The number of nitrogens with one attached hydrogen (secondary N) is 1. The number of hydrogen-bond donors (Lipinski definition) is 1. The van der Waals surface area contributed by atoms with E-state index in [9.17, 15) is 9.59 Å². The summed E-state index contributed by atoms with van der Waals surface area (Å²) in [4.78, 5) is 32.7. The number of nitrogens with zero attached hydrogens (tertiary/aromatic N) is 4. The molecule has 36 heavy (non-hydrogen) atoms. The lowest BCUT2D eigenvalue weighted by Crippen LogP contribution is -2.35. The first-order chi connectivity index (χ1) is 17.4. The van der Waals surface area contributed by atoms with Crippen molar-refractivity contribution in [1.29, 1.82) is 0 Å². The van der Waals surface area contributed by atoms with E-state index in [1.165, 1.54) is 0 Å². The van der Waals surface area contributed by atoms with E-state index in [1.807, 2.05) is 30.0 Å². The number of rotatable bonds is 11. The zero-order valence-corrected chi connectivity index (χ0v) is 21.8. The molecule has 2 aliphatic rings. The molecule has 0 saturated carbocycles. The lowest BCUT2D eigenvalue weighted by molar-refractivity contribution is -0.127. The molecule has 0 unspecified atom stereocenters. The van der Waals surface area contributed by atoms with Crippen LogP contribution in [0, 0.1) is 12.8 Å². The lowest BCUT2D eigenvalue weighted by Gasteiger charge is -2.30. The lowest BCUT2D eigenvalue weighted by atomic mass is 9.92. The van der Waals surface area contributed by atoms with Gasteiger partial charge in [0.1, 0.15) is 5.75 Å². The van der Waals surface area contributed by atoms with Crippen molar-refractivity contribution in [3.63, 3.8) is 0 Å². The predicted octanol–water partition coefficient (Wildman–Crippen LogP) is 3.93. The van der Waals surface area contributed by atoms with Crippen LogP contribution in [0.5, 0.6) is 5.75 Å². The Hall–Kier alpha value is -3.10. The summed E-state index contributed by atoms with van der Waals surface area (Å²) in [5.41, 5.74) is 1.53. The monoisotopic (exact) mass is 497 g/mol. The fourth-order valence-corrected chi connectivity index (χ4v) is 4.89. The van der Waals surface area contributed by atoms with Gasteiger partial charge in [-0.15, -0.1) is 0 Å². The van der Waals surface area contributed by atoms with Crippen LogP contribution in [0.25, 0.3) is 0 Å². The van der Waals surface area contributed by atoms with Crippen molar-refractivity contribution in [3.05, 3.63) is 35.2 Å². The fourth-order valence-electron chi connectivity index (χ4n) is 4.89. The Bertz CT molecular complexity index is 1030. The molecule has 1 aromatic carbocycles. The van der Waals surface area contributed by atoms with E-state index in [-0.39, 0.29) is 17.7 Å². The molecule has 2 fully saturated rings. The highest BCUT2D eigenvalue weighted by Gasteiger charge is 2.23. The van der Waals surface area contributed by atoms with Gasteiger partial charge in [0.05, 0.1) is 6.61 Å². The third-order valence-corrected chi connectivity index (χ3v) is 7.14. The van der Waals surface area contributed by atoms with Gasteiger partial charge >= 0.3 is 6.01 Å². The molecule has 3 heterocycles. The van der Waals surface area contributed by atoms with Crippen molar-refractivity contribution < 1.29 is 18.8 Å². The third kappa shape index (κ3) is 6.77. The minimum Gasteiger partial charge on any atom is -0.494 e. The minimum atomic E-state index is -0.113. The van der Waals surface area contributed by atoms with E-state index in [0.717, 1.165) is 68.9 Å². The molecule has 2 saturated heterocycles. The first-order valence-electron chi connectivity index (χ1n) is 13.3. The van der Waals surface area contributed by atoms with Crippen LogP contribution in [0.3, 0.4) is 0 Å². The van der Waals surface area contributed by atoms with Crippen molar-refractivity contribution in [3.8, 4) is 5.75 Å². The summed E-state index contributed by atoms with van der Waals surface area (Å²) in [7, 11) is 0. The molecular weight excluding hydrogens is 458 g/mol. The zero-order chi connectivity index (χ0) is 25.5. The van der Waals surface area contributed by atoms with Gasteiger partial charge in [-0.2, -0.15) is 4.98 Å². The minimum absolute atomic E-state index is 0.113. The maximum Gasteiger partial charge on any atom is 0.324 e. The van der Waals surface area contributed by atoms with Gasteiger partial charge in [-0.1, -0.05) is 19.0 Å². The van der Waals surface area contributed by atoms with Crippen molar-refractivity contribution >= 4 is 17.8 Å². The Labute approximate surface area is 213 Å². The molecule has 1 aromatic heterocycles. The van der Waals surface area contributed by atoms with Crippen molar-refractivity contribution in [2.45, 2.75) is 65.2 Å². The largest absolute Gasteiger partial charge is 0.494 e. The Kier molecular flexibility index (Phi) is 8.83. The number of aryl methyl sites for hydroxylation is 1. The standard InChI is InChI=1S/C27H39N5O4/c1-19(2)25-29-27(36-30-25)32-14-10-21(11-15-32)6-5-17-35-22-8-9-23(20(3)18-22)26(34)28-12-16-31-13-4-7-24(31)33/h8-9,18-19,21H,4-7,10-17H2,1-3H3,(H,28,34). The highest BCUT2D eigenvalue weighted by molar-refractivity contribution is 5.95. The van der Waals surface area contributed by atoms with Crippen LogP contribution in [-0.4, -0.2) is 66.2 Å². The number of carbonyl (C=O) groups is 2. The molecule has 0 spiro atoms. The number of ether oxygens (including phenoxy) is 1. The van der Waals surface area contributed by atoms with Gasteiger partial charge in [-0.25, -0.2) is 0 Å². The molecule has 4 rings (SSSR count). The number of amides is 2. The maximum absolute atomic E-state index is 12.5. The molecule has 0 aliphatic carbocycles. The van der Waals surface area contributed by atoms with E-state index in [0.29, 0.717) is 43.6 Å². The molecule has 196 valence electrons. The fraction of sp³-hybridized carbons (Fsp3) is 0.630. The summed E-state index contributed by atoms with van der Waals surface area (Å²) in [5.74, 6) is 2.58. The molecule has 0 atom stereocenters. The van der Waals surface area contributed by atoms with Gasteiger partial charge in [0.25, 0.3) is 5.91 Å². The van der Waals surface area contributed by atoms with Crippen LogP contribution in [0.2, 0.25) is 0 Å². The summed E-state index contributed by atoms with van der Waals surface area (Å²) in [6.07, 6.45) is 5.90. The SMILES string of the molecule is Cc1cc(OCCCC2CCN(c3nc(C(C)C)no3)CC2)ccc1C(=O)NCCN1CCCC1=O. The van der Waals surface area contributed by atoms with Crippen molar-refractivity contribution in [2.24, 2.45) is 5.92 Å². The van der Waals surface area contributed by atoms with E-state index < -0.39 is 0 Å². The Morgan fingerprint density at radius 1 is 1.25 bits per heavy atom. The molecule has 1 N–H and O–H groups in total. The number of piperidine rings is 1. The van der Waals surface area contributed by atoms with E-state index >= 15 is 0 Å². The van der Waals surface area contributed by atoms with E-state index in [2.05, 4.69) is 34.2 Å². The highest BCUT2D eigenvalue weighted by Crippen LogP contribution is 2.26. The number of likely N-dealkylation sites (tertiary alicyclic amines) is 1. The zero-order valence-electron chi connectivity index (χ0n) is 21.8. The second-order valence-electron chi connectivity index (χ2n) is 10.2. The molecule has 9 nitrogen and oxygen atoms in total. The molecule has 2 aliphatic heterocycles. The summed E-state index contributed by atoms with van der Waals surface area (Å²) < 4.78 is 11.4. The van der Waals surface area contributed by atoms with Crippen molar-refractivity contribution in [2.75, 3.05) is 44.2 Å². The normalized spacial score (nSPS) is 16.7. The number of anilines is 1. The second-order valence-corrected chi connectivity index (χ2v) is 10.2. The average Bonchev–Trinajstić information content (AvgIpc) is 3.52. The second kappa shape index (κ2) is 12.2. The first-order valence-corrected chi connectivity index (χ1v) is 13.3. The smallest absolute Gasteiger partial charge is 0.324 e. The van der Waals surface area contributed by atoms with Crippen LogP contribution < -0.4 is 15.0 Å². The summed E-state index contributed by atoms with van der Waals surface area (Å²) in [6, 6.07) is 6.25. The average molecular weight is 498 g/mol. The van der Waals surface area contributed by atoms with Crippen molar-refractivity contribution in [1.82, 2.24) is 20.4 Å². The van der Waals surface area contributed by atoms with Crippen LogP contribution in [0.4, 0.5) is 6.01 Å². The molecule has 0 bridgehead atoms. The first kappa shape index (κ1) is 26.0. The summed E-state index contributed by atoms with van der Waals surface area (Å²) in [6.45, 7) is 10.4. The number of benzene rings is 1. The number of aromatic nitrogens is 2. The maximum atomic E-state index is 12.5. The summed E-state index contributed by atoms with van der Waals surface area (Å²) in [5, 5.41) is 7.00. The van der Waals surface area contributed by atoms with Gasteiger partial charge in [-0.3, -0.25) is 9.59 Å². The van der Waals surface area contributed by atoms with E-state index in [4.69, 9.17) is 9.26 Å². The quantitative estimate of drug-likeness (QED) is 0.470. The third-order valence-electron chi connectivity index (χ3n) is 7.14. The molecule has 2 amide bonds.